The molecule has 0 spiro atoms. The van der Waals surface area contributed by atoms with E-state index >= 15 is 0 Å². The van der Waals surface area contributed by atoms with Crippen LogP contribution in [-0.2, 0) is 23.1 Å². The van der Waals surface area contributed by atoms with Crippen LogP contribution in [0.3, 0.4) is 0 Å². The average Bonchev–Trinajstić information content (AvgIpc) is 3.03. The fourth-order valence-corrected chi connectivity index (χ4v) is 4.01. The molecule has 0 radical (unpaired) electrons. The lowest BCUT2D eigenvalue weighted by Crippen LogP contribution is -2.26. The average molecular weight is 330 g/mol. The molecule has 2 aromatic rings. The first kappa shape index (κ1) is 16.1. The third kappa shape index (κ3) is 4.34. The van der Waals surface area contributed by atoms with Crippen LogP contribution in [0.1, 0.15) is 30.4 Å². The Hall–Kier alpha value is -1.29. The molecule has 0 aliphatic carbocycles. The highest BCUT2D eigenvalue weighted by molar-refractivity contribution is 7.89. The number of aryl methyl sites for hydroxylation is 1. The first-order valence-electron chi connectivity index (χ1n) is 6.47. The van der Waals surface area contributed by atoms with Crippen molar-refractivity contribution in [3.8, 4) is 0 Å². The number of sulfonamides is 1. The molecule has 0 aromatic carbocycles. The van der Waals surface area contributed by atoms with Gasteiger partial charge in [-0.15, -0.1) is 11.3 Å². The van der Waals surface area contributed by atoms with E-state index in [-0.39, 0.29) is 23.4 Å². The molecule has 0 aliphatic heterocycles. The molecule has 2 heterocycles. The molecular formula is C12H18N4O3S2. The highest BCUT2D eigenvalue weighted by Crippen LogP contribution is 2.22. The number of hydrogen-bond donors (Lipinski definition) is 2. The van der Waals surface area contributed by atoms with Crippen molar-refractivity contribution >= 4 is 21.4 Å². The molecule has 9 heteroatoms. The molecule has 2 N–H and O–H groups in total. The predicted molar refractivity (Wildman–Crippen MR) is 79.4 cm³/mol. The Morgan fingerprint density at radius 3 is 2.76 bits per heavy atom. The first-order chi connectivity index (χ1) is 9.88. The van der Waals surface area contributed by atoms with Crippen LogP contribution in [0.15, 0.2) is 20.9 Å². The van der Waals surface area contributed by atoms with E-state index in [4.69, 9.17) is 4.52 Å². The van der Waals surface area contributed by atoms with Gasteiger partial charge in [0.25, 0.3) is 0 Å². The molecule has 0 unspecified atom stereocenters. The topological polar surface area (TPSA) is 97.1 Å². The summed E-state index contributed by atoms with van der Waals surface area (Å²) < 4.78 is 32.0. The van der Waals surface area contributed by atoms with Gasteiger partial charge >= 0.3 is 0 Å². The molecular weight excluding hydrogens is 312 g/mol. The molecule has 0 aliphatic rings. The van der Waals surface area contributed by atoms with Gasteiger partial charge in [0.05, 0.1) is 11.4 Å². The number of nitrogens with one attached hydrogen (secondary N) is 2. The lowest BCUT2D eigenvalue weighted by Gasteiger charge is -2.09. The maximum atomic E-state index is 12.3. The largest absolute Gasteiger partial charge is 0.338 e. The van der Waals surface area contributed by atoms with Crippen molar-refractivity contribution in [1.29, 1.82) is 0 Å². The van der Waals surface area contributed by atoms with Crippen LogP contribution in [-0.4, -0.2) is 24.6 Å². The molecule has 0 fully saturated rings. The Kier molecular flexibility index (Phi) is 5.09. The van der Waals surface area contributed by atoms with Crippen LogP contribution in [0.2, 0.25) is 0 Å². The second-order valence-corrected chi connectivity index (χ2v) is 7.54. The SMILES string of the molecule is Cc1noc(CNS(=O)(=O)c2ccsc2CNC(C)C)n1. The van der Waals surface area contributed by atoms with Gasteiger partial charge in [0.15, 0.2) is 5.82 Å². The molecule has 0 saturated carbocycles. The summed E-state index contributed by atoms with van der Waals surface area (Å²) in [5.74, 6) is 0.717. The summed E-state index contributed by atoms with van der Waals surface area (Å²) in [6.45, 7) is 6.20. The number of thiophene rings is 1. The fourth-order valence-electron chi connectivity index (χ4n) is 1.64. The first-order valence-corrected chi connectivity index (χ1v) is 8.83. The van der Waals surface area contributed by atoms with Gasteiger partial charge in [-0.05, 0) is 18.4 Å². The van der Waals surface area contributed by atoms with Crippen molar-refractivity contribution in [2.45, 2.75) is 44.8 Å². The van der Waals surface area contributed by atoms with E-state index in [1.165, 1.54) is 11.3 Å². The van der Waals surface area contributed by atoms with Gasteiger partial charge in [-0.3, -0.25) is 0 Å². The molecule has 0 saturated heterocycles. The van der Waals surface area contributed by atoms with Gasteiger partial charge in [-0.1, -0.05) is 19.0 Å². The van der Waals surface area contributed by atoms with Gasteiger partial charge in [0.2, 0.25) is 15.9 Å². The van der Waals surface area contributed by atoms with Crippen molar-refractivity contribution in [3.05, 3.63) is 28.0 Å². The zero-order valence-corrected chi connectivity index (χ0v) is 13.7. The lowest BCUT2D eigenvalue weighted by molar-refractivity contribution is 0.372. The van der Waals surface area contributed by atoms with Crippen LogP contribution in [0, 0.1) is 6.92 Å². The number of hydrogen-bond acceptors (Lipinski definition) is 7. The summed E-state index contributed by atoms with van der Waals surface area (Å²) in [6.07, 6.45) is 0. The molecule has 0 amide bonds. The van der Waals surface area contributed by atoms with E-state index in [0.29, 0.717) is 12.4 Å². The minimum absolute atomic E-state index is 0.0178. The molecule has 2 rings (SSSR count). The van der Waals surface area contributed by atoms with Crippen molar-refractivity contribution in [3.63, 3.8) is 0 Å². The number of aromatic nitrogens is 2. The van der Waals surface area contributed by atoms with E-state index in [0.717, 1.165) is 4.88 Å². The normalized spacial score (nSPS) is 12.2. The van der Waals surface area contributed by atoms with E-state index < -0.39 is 10.0 Å². The minimum Gasteiger partial charge on any atom is -0.338 e. The van der Waals surface area contributed by atoms with Gasteiger partial charge in [0.1, 0.15) is 0 Å². The van der Waals surface area contributed by atoms with E-state index in [9.17, 15) is 8.42 Å². The van der Waals surface area contributed by atoms with E-state index in [1.54, 1.807) is 18.4 Å². The minimum atomic E-state index is -3.59. The predicted octanol–water partition coefficient (Wildman–Crippen LogP) is 1.42. The Bertz CT molecular complexity index is 691. The second-order valence-electron chi connectivity index (χ2n) is 4.80. The third-order valence-corrected chi connectivity index (χ3v) is 5.18. The Balaban J connectivity index is 2.07. The van der Waals surface area contributed by atoms with Crippen LogP contribution in [0.4, 0.5) is 0 Å². The number of nitrogens with zero attached hydrogens (tertiary/aromatic N) is 2. The molecule has 0 atom stereocenters. The summed E-state index contributed by atoms with van der Waals surface area (Å²) in [6, 6.07) is 1.89. The standard InChI is InChI=1S/C12H18N4O3S2/c1-8(2)13-6-10-11(4-5-20-10)21(17,18)14-7-12-15-9(3)16-19-12/h4-5,8,13-14H,6-7H2,1-3H3. The van der Waals surface area contributed by atoms with Gasteiger partial charge in [0, 0.05) is 17.5 Å². The highest BCUT2D eigenvalue weighted by atomic mass is 32.2. The van der Waals surface area contributed by atoms with Crippen LogP contribution >= 0.6 is 11.3 Å². The molecule has 0 bridgehead atoms. The van der Waals surface area contributed by atoms with Crippen molar-refractivity contribution in [2.75, 3.05) is 0 Å². The van der Waals surface area contributed by atoms with Crippen molar-refractivity contribution in [1.82, 2.24) is 20.2 Å². The van der Waals surface area contributed by atoms with Gasteiger partial charge in [-0.25, -0.2) is 13.1 Å². The molecule has 7 nitrogen and oxygen atoms in total. The summed E-state index contributed by atoms with van der Waals surface area (Å²) >= 11 is 1.41. The molecule has 2 aromatic heterocycles. The molecule has 116 valence electrons. The second kappa shape index (κ2) is 6.65. The van der Waals surface area contributed by atoms with Crippen molar-refractivity contribution in [2.24, 2.45) is 0 Å². The van der Waals surface area contributed by atoms with E-state index in [1.807, 2.05) is 13.8 Å². The fraction of sp³-hybridized carbons (Fsp3) is 0.500. The molecule has 21 heavy (non-hydrogen) atoms. The van der Waals surface area contributed by atoms with Gasteiger partial charge < -0.3 is 9.84 Å². The Morgan fingerprint density at radius 1 is 1.38 bits per heavy atom. The quantitative estimate of drug-likeness (QED) is 0.797. The Morgan fingerprint density at radius 2 is 2.14 bits per heavy atom. The monoisotopic (exact) mass is 330 g/mol. The van der Waals surface area contributed by atoms with Gasteiger partial charge in [-0.2, -0.15) is 4.98 Å². The lowest BCUT2D eigenvalue weighted by atomic mass is 10.4. The third-order valence-electron chi connectivity index (χ3n) is 2.65. The van der Waals surface area contributed by atoms with Crippen molar-refractivity contribution < 1.29 is 12.9 Å². The van der Waals surface area contributed by atoms with Crippen LogP contribution in [0.25, 0.3) is 0 Å². The Labute approximate surface area is 127 Å². The summed E-state index contributed by atoms with van der Waals surface area (Å²) in [7, 11) is -3.59. The zero-order chi connectivity index (χ0) is 15.5. The van der Waals surface area contributed by atoms with Crippen LogP contribution < -0.4 is 10.0 Å². The zero-order valence-electron chi connectivity index (χ0n) is 12.1. The smallest absolute Gasteiger partial charge is 0.242 e. The summed E-state index contributed by atoms with van der Waals surface area (Å²) in [5, 5.41) is 8.60. The van der Waals surface area contributed by atoms with Crippen LogP contribution in [0.5, 0.6) is 0 Å². The maximum absolute atomic E-state index is 12.3. The maximum Gasteiger partial charge on any atom is 0.242 e. The van der Waals surface area contributed by atoms with E-state index in [2.05, 4.69) is 20.2 Å². The summed E-state index contributed by atoms with van der Waals surface area (Å²) in [4.78, 5) is 5.03. The number of rotatable bonds is 7. The summed E-state index contributed by atoms with van der Waals surface area (Å²) in [5.41, 5.74) is 0. The highest BCUT2D eigenvalue weighted by Gasteiger charge is 2.20.